The molecule has 1 aromatic carbocycles. The zero-order chi connectivity index (χ0) is 15.3. The number of aromatic nitrogens is 1. The Bertz CT molecular complexity index is 819. The predicted molar refractivity (Wildman–Crippen MR) is 90.3 cm³/mol. The van der Waals surface area contributed by atoms with Crippen LogP contribution in [-0.2, 0) is 0 Å². The van der Waals surface area contributed by atoms with Gasteiger partial charge in [-0.05, 0) is 24.3 Å². The molecule has 0 aliphatic carbocycles. The van der Waals surface area contributed by atoms with Gasteiger partial charge in [-0.2, -0.15) is 0 Å². The van der Waals surface area contributed by atoms with Crippen LogP contribution in [0.4, 0.5) is 11.4 Å². The number of hydrazine groups is 2. The van der Waals surface area contributed by atoms with E-state index in [1.165, 1.54) is 0 Å². The van der Waals surface area contributed by atoms with Gasteiger partial charge in [-0.1, -0.05) is 45.7 Å². The fourth-order valence-electron chi connectivity index (χ4n) is 2.48. The largest absolute Gasteiger partial charge is 0.492 e. The molecule has 0 spiro atoms. The van der Waals surface area contributed by atoms with E-state index in [1.807, 2.05) is 35.4 Å². The first-order valence-corrected chi connectivity index (χ1v) is 7.70. The molecule has 4 rings (SSSR count). The van der Waals surface area contributed by atoms with Crippen molar-refractivity contribution in [3.63, 3.8) is 0 Å². The van der Waals surface area contributed by atoms with Crippen molar-refractivity contribution in [3.8, 4) is 0 Å². The van der Waals surface area contributed by atoms with Crippen molar-refractivity contribution < 1.29 is 5.11 Å². The average molecular weight is 378 g/mol. The maximum absolute atomic E-state index is 10.5. The highest BCUT2D eigenvalue weighted by atomic mass is 79.9. The summed E-state index contributed by atoms with van der Waals surface area (Å²) in [6, 6.07) is 11.4. The lowest BCUT2D eigenvalue weighted by molar-refractivity contribution is 0.388. The number of allylic oxidation sites excluding steroid dienone is 1. The van der Waals surface area contributed by atoms with Crippen LogP contribution in [0.1, 0.15) is 5.56 Å². The monoisotopic (exact) mass is 376 g/mol. The molecule has 2 aliphatic heterocycles. The number of hydrogen-bond acceptors (Lipinski definition) is 5. The number of rotatable bonds is 1. The van der Waals surface area contributed by atoms with Gasteiger partial charge in [0.15, 0.2) is 0 Å². The predicted octanol–water partition coefficient (Wildman–Crippen LogP) is 3.96. The van der Waals surface area contributed by atoms with Gasteiger partial charge in [0.05, 0.1) is 17.6 Å². The lowest BCUT2D eigenvalue weighted by Gasteiger charge is -2.27. The summed E-state index contributed by atoms with van der Waals surface area (Å²) in [4.78, 5) is 4.04. The van der Waals surface area contributed by atoms with Crippen LogP contribution in [0.25, 0.3) is 4.48 Å². The van der Waals surface area contributed by atoms with Crippen LogP contribution in [-0.4, -0.2) is 10.1 Å². The molecule has 0 saturated heterocycles. The van der Waals surface area contributed by atoms with Crippen LogP contribution in [0.3, 0.4) is 0 Å². The van der Waals surface area contributed by atoms with Crippen molar-refractivity contribution in [2.75, 3.05) is 10.0 Å². The number of aliphatic hydroxyl groups is 1. The van der Waals surface area contributed by atoms with Gasteiger partial charge in [0.1, 0.15) is 10.9 Å². The highest BCUT2D eigenvalue weighted by Crippen LogP contribution is 2.41. The van der Waals surface area contributed by atoms with Crippen molar-refractivity contribution in [2.24, 2.45) is 0 Å². The topological polar surface area (TPSA) is 51.6 Å². The first kappa shape index (κ1) is 13.6. The smallest absolute Gasteiger partial charge is 0.234 e. The molecule has 2 aliphatic rings. The van der Waals surface area contributed by atoms with Crippen LogP contribution < -0.4 is 15.6 Å². The van der Waals surface area contributed by atoms with E-state index < -0.39 is 0 Å². The van der Waals surface area contributed by atoms with E-state index in [9.17, 15) is 5.11 Å². The molecule has 22 heavy (non-hydrogen) atoms. The van der Waals surface area contributed by atoms with Crippen molar-refractivity contribution in [1.82, 2.24) is 10.5 Å². The molecule has 2 N–H and O–H groups in total. The van der Waals surface area contributed by atoms with Crippen molar-refractivity contribution >= 4 is 43.4 Å². The number of aliphatic hydroxyl groups excluding tert-OH is 1. The number of fused-ring (bicyclic) bond motifs is 3. The summed E-state index contributed by atoms with van der Waals surface area (Å²) in [5, 5.41) is 14.3. The summed E-state index contributed by atoms with van der Waals surface area (Å²) in [6.07, 6.45) is 3.46. The highest BCUT2D eigenvalue weighted by Gasteiger charge is 2.34. The molecular weight excluding hydrogens is 368 g/mol. The van der Waals surface area contributed by atoms with Gasteiger partial charge >= 0.3 is 0 Å². The third-order valence-corrected chi connectivity index (χ3v) is 4.40. The number of benzene rings is 1. The molecule has 5 nitrogen and oxygen atoms in total. The van der Waals surface area contributed by atoms with E-state index in [0.717, 1.165) is 15.7 Å². The number of hydrogen-bond donors (Lipinski definition) is 2. The Morgan fingerprint density at radius 2 is 1.95 bits per heavy atom. The summed E-state index contributed by atoms with van der Waals surface area (Å²) < 4.78 is 0.916. The number of anilines is 2. The van der Waals surface area contributed by atoms with Crippen LogP contribution in [0.5, 0.6) is 0 Å². The number of para-hydroxylation sites is 1. The third-order valence-electron chi connectivity index (χ3n) is 3.52. The summed E-state index contributed by atoms with van der Waals surface area (Å²) >= 11 is 9.36. The second kappa shape index (κ2) is 5.01. The lowest BCUT2D eigenvalue weighted by atomic mass is 10.1. The number of pyridine rings is 1. The van der Waals surface area contributed by atoms with E-state index in [-0.39, 0.29) is 5.88 Å². The lowest BCUT2D eigenvalue weighted by Crippen LogP contribution is -2.42. The standard InChI is InChI=1S/C15H10BrClN4O/c16-11-7-13-15(22)20(9-5-6-14(17)18-8-9)19-21(13)12-4-2-1-3-10(11)12/h1-8,19,22H. The summed E-state index contributed by atoms with van der Waals surface area (Å²) in [5.41, 5.74) is 6.48. The van der Waals surface area contributed by atoms with Crippen LogP contribution in [0.15, 0.2) is 60.3 Å². The minimum absolute atomic E-state index is 0.0931. The van der Waals surface area contributed by atoms with Crippen LogP contribution in [0, 0.1) is 0 Å². The highest BCUT2D eigenvalue weighted by molar-refractivity contribution is 9.15. The minimum atomic E-state index is 0.0931. The Hall–Kier alpha value is -2.02. The van der Waals surface area contributed by atoms with Gasteiger partial charge in [-0.25, -0.2) is 9.99 Å². The second-order valence-electron chi connectivity index (χ2n) is 4.83. The Labute approximate surface area is 140 Å². The van der Waals surface area contributed by atoms with Crippen molar-refractivity contribution in [2.45, 2.75) is 0 Å². The van der Waals surface area contributed by atoms with E-state index in [0.29, 0.717) is 16.5 Å². The second-order valence-corrected chi connectivity index (χ2v) is 6.07. The maximum atomic E-state index is 10.5. The summed E-state index contributed by atoms with van der Waals surface area (Å²) in [7, 11) is 0. The molecule has 0 saturated carbocycles. The molecular formula is C15H10BrClN4O. The Morgan fingerprint density at radius 3 is 2.73 bits per heavy atom. The Morgan fingerprint density at radius 1 is 1.14 bits per heavy atom. The zero-order valence-electron chi connectivity index (χ0n) is 11.2. The van der Waals surface area contributed by atoms with Gasteiger partial charge in [0, 0.05) is 10.0 Å². The fraction of sp³-hybridized carbons (Fsp3) is 0. The van der Waals surface area contributed by atoms with Crippen LogP contribution >= 0.6 is 27.5 Å². The molecule has 3 heterocycles. The first-order chi connectivity index (χ1) is 10.6. The quantitative estimate of drug-likeness (QED) is 0.737. The minimum Gasteiger partial charge on any atom is -0.492 e. The molecule has 0 radical (unpaired) electrons. The van der Waals surface area contributed by atoms with Crippen LogP contribution in [0.2, 0.25) is 5.15 Å². The van der Waals surface area contributed by atoms with Gasteiger partial charge in [0.2, 0.25) is 5.88 Å². The van der Waals surface area contributed by atoms with Gasteiger partial charge in [0.25, 0.3) is 0 Å². The third kappa shape index (κ3) is 1.99. The molecule has 0 fully saturated rings. The van der Waals surface area contributed by atoms with E-state index >= 15 is 0 Å². The first-order valence-electron chi connectivity index (χ1n) is 6.53. The van der Waals surface area contributed by atoms with E-state index in [2.05, 4.69) is 26.4 Å². The Balaban J connectivity index is 1.80. The van der Waals surface area contributed by atoms with Crippen molar-refractivity contribution in [3.05, 3.63) is 71.0 Å². The van der Waals surface area contributed by atoms with Gasteiger partial charge in [-0.3, -0.25) is 5.01 Å². The molecule has 1 aromatic heterocycles. The van der Waals surface area contributed by atoms with Crippen molar-refractivity contribution in [1.29, 1.82) is 0 Å². The van der Waals surface area contributed by atoms with Gasteiger partial charge < -0.3 is 5.11 Å². The molecule has 0 atom stereocenters. The molecule has 0 amide bonds. The van der Waals surface area contributed by atoms with E-state index in [4.69, 9.17) is 11.6 Å². The fourth-order valence-corrected chi connectivity index (χ4v) is 3.14. The Kier molecular flexibility index (Phi) is 3.11. The van der Waals surface area contributed by atoms with E-state index in [1.54, 1.807) is 23.3 Å². The number of nitrogens with zero attached hydrogens (tertiary/aromatic N) is 3. The molecule has 7 heteroatoms. The summed E-state index contributed by atoms with van der Waals surface area (Å²) in [5.74, 6) is 0.0931. The molecule has 0 unspecified atom stereocenters. The average Bonchev–Trinajstić information content (AvgIpc) is 2.86. The van der Waals surface area contributed by atoms with Gasteiger partial charge in [-0.15, -0.1) is 5.53 Å². The molecule has 2 aromatic rings. The summed E-state index contributed by atoms with van der Waals surface area (Å²) in [6.45, 7) is 0. The SMILES string of the molecule is OC1=C2C=C(Br)c3ccccc3N2NN1c1ccc(Cl)nc1. The number of halogens is 2. The number of nitrogens with one attached hydrogen (secondary N) is 1. The molecule has 110 valence electrons. The maximum Gasteiger partial charge on any atom is 0.234 e. The molecule has 0 bridgehead atoms. The normalized spacial score (nSPS) is 16.5. The zero-order valence-corrected chi connectivity index (χ0v) is 13.5.